The molecule has 0 aromatic heterocycles. The molecule has 0 unspecified atom stereocenters. The highest BCUT2D eigenvalue weighted by Gasteiger charge is 2.26. The molecule has 1 fully saturated rings. The van der Waals surface area contributed by atoms with E-state index in [0.29, 0.717) is 32.6 Å². The van der Waals surface area contributed by atoms with Crippen LogP contribution in [0.25, 0.3) is 0 Å². The summed E-state index contributed by atoms with van der Waals surface area (Å²) in [5.74, 6) is -0.283. The van der Waals surface area contributed by atoms with E-state index in [2.05, 4.69) is 4.74 Å². The van der Waals surface area contributed by atoms with Crippen LogP contribution in [0.3, 0.4) is 0 Å². The zero-order valence-electron chi connectivity index (χ0n) is 13.5. The first-order valence-corrected chi connectivity index (χ1v) is 7.35. The van der Waals surface area contributed by atoms with Crippen molar-refractivity contribution in [2.45, 2.75) is 40.0 Å². The minimum Gasteiger partial charge on any atom is -0.469 e. The van der Waals surface area contributed by atoms with Crippen molar-refractivity contribution in [2.75, 3.05) is 33.3 Å². The summed E-state index contributed by atoms with van der Waals surface area (Å²) in [5, 5.41) is 0. The zero-order chi connectivity index (χ0) is 16.0. The fourth-order valence-electron chi connectivity index (χ4n) is 2.24. The standard InChI is InChI=1S/C15H26N2O4/c1-15(2,3)11-13(19)17-9-7-16(8-10-17)12(18)5-6-14(20)21-4/h5-11H2,1-4H3. The Morgan fingerprint density at radius 2 is 1.38 bits per heavy atom. The Bertz CT molecular complexity index is 393. The lowest BCUT2D eigenvalue weighted by Crippen LogP contribution is -2.51. The summed E-state index contributed by atoms with van der Waals surface area (Å²) in [7, 11) is 1.31. The number of carbonyl (C=O) groups excluding carboxylic acids is 3. The Hall–Kier alpha value is -1.59. The van der Waals surface area contributed by atoms with Crippen molar-refractivity contribution in [3.63, 3.8) is 0 Å². The van der Waals surface area contributed by atoms with Gasteiger partial charge in [0.15, 0.2) is 0 Å². The molecule has 0 radical (unpaired) electrons. The van der Waals surface area contributed by atoms with Gasteiger partial charge in [0, 0.05) is 39.0 Å². The third kappa shape index (κ3) is 6.14. The third-order valence-electron chi connectivity index (χ3n) is 3.44. The molecule has 120 valence electrons. The summed E-state index contributed by atoms with van der Waals surface area (Å²) in [6, 6.07) is 0. The number of piperazine rings is 1. The zero-order valence-corrected chi connectivity index (χ0v) is 13.5. The number of carbonyl (C=O) groups is 3. The molecule has 0 spiro atoms. The van der Waals surface area contributed by atoms with Crippen LogP contribution >= 0.6 is 0 Å². The van der Waals surface area contributed by atoms with Crippen LogP contribution in [0.2, 0.25) is 0 Å². The number of amides is 2. The van der Waals surface area contributed by atoms with Gasteiger partial charge in [0.1, 0.15) is 0 Å². The van der Waals surface area contributed by atoms with Gasteiger partial charge in [0.25, 0.3) is 0 Å². The third-order valence-corrected chi connectivity index (χ3v) is 3.44. The van der Waals surface area contributed by atoms with Gasteiger partial charge in [-0.25, -0.2) is 0 Å². The lowest BCUT2D eigenvalue weighted by Gasteiger charge is -2.36. The largest absolute Gasteiger partial charge is 0.469 e. The second kappa shape index (κ2) is 7.43. The van der Waals surface area contributed by atoms with Gasteiger partial charge in [-0.2, -0.15) is 0 Å². The number of nitrogens with zero attached hydrogens (tertiary/aromatic N) is 2. The Labute approximate surface area is 126 Å². The molecule has 1 aliphatic heterocycles. The van der Waals surface area contributed by atoms with E-state index in [1.54, 1.807) is 4.90 Å². The molecular weight excluding hydrogens is 272 g/mol. The van der Waals surface area contributed by atoms with E-state index in [4.69, 9.17) is 0 Å². The second-order valence-electron chi connectivity index (χ2n) is 6.58. The van der Waals surface area contributed by atoms with E-state index < -0.39 is 0 Å². The first kappa shape index (κ1) is 17.5. The first-order valence-electron chi connectivity index (χ1n) is 7.35. The Morgan fingerprint density at radius 1 is 0.905 bits per heavy atom. The van der Waals surface area contributed by atoms with Crippen LogP contribution < -0.4 is 0 Å². The van der Waals surface area contributed by atoms with Gasteiger partial charge in [-0.05, 0) is 5.41 Å². The predicted molar refractivity (Wildman–Crippen MR) is 78.5 cm³/mol. The monoisotopic (exact) mass is 298 g/mol. The second-order valence-corrected chi connectivity index (χ2v) is 6.58. The van der Waals surface area contributed by atoms with Gasteiger partial charge in [-0.3, -0.25) is 14.4 Å². The van der Waals surface area contributed by atoms with Crippen molar-refractivity contribution in [3.05, 3.63) is 0 Å². The van der Waals surface area contributed by atoms with Crippen LogP contribution in [0.1, 0.15) is 40.0 Å². The molecule has 1 heterocycles. The maximum Gasteiger partial charge on any atom is 0.306 e. The minimum atomic E-state index is -0.373. The Balaban J connectivity index is 2.36. The lowest BCUT2D eigenvalue weighted by atomic mass is 9.91. The number of methoxy groups -OCH3 is 1. The van der Waals surface area contributed by atoms with E-state index in [1.807, 2.05) is 25.7 Å². The molecule has 0 atom stereocenters. The van der Waals surface area contributed by atoms with Crippen LogP contribution in [0, 0.1) is 5.41 Å². The molecule has 0 saturated carbocycles. The van der Waals surface area contributed by atoms with Crippen molar-refractivity contribution in [1.29, 1.82) is 0 Å². The molecule has 21 heavy (non-hydrogen) atoms. The first-order chi connectivity index (χ1) is 9.73. The molecule has 1 rings (SSSR count). The number of hydrogen-bond donors (Lipinski definition) is 0. The molecule has 0 aliphatic carbocycles. The summed E-state index contributed by atoms with van der Waals surface area (Å²) in [5.41, 5.74) is -0.0233. The molecule has 0 N–H and O–H groups in total. The van der Waals surface area contributed by atoms with E-state index in [-0.39, 0.29) is 36.0 Å². The average Bonchev–Trinajstić information content (AvgIpc) is 2.42. The SMILES string of the molecule is COC(=O)CCC(=O)N1CCN(C(=O)CC(C)(C)C)CC1. The number of esters is 1. The summed E-state index contributed by atoms with van der Waals surface area (Å²) in [4.78, 5) is 38.6. The topological polar surface area (TPSA) is 66.9 Å². The highest BCUT2D eigenvalue weighted by molar-refractivity contribution is 5.82. The van der Waals surface area contributed by atoms with Gasteiger partial charge in [-0.15, -0.1) is 0 Å². The highest BCUT2D eigenvalue weighted by atomic mass is 16.5. The summed E-state index contributed by atoms with van der Waals surface area (Å²) >= 11 is 0. The van der Waals surface area contributed by atoms with E-state index in [9.17, 15) is 14.4 Å². The molecular formula is C15H26N2O4. The molecule has 2 amide bonds. The van der Waals surface area contributed by atoms with Crippen LogP contribution in [0.4, 0.5) is 0 Å². The molecule has 0 bridgehead atoms. The molecule has 1 saturated heterocycles. The number of rotatable bonds is 4. The predicted octanol–water partition coefficient (Wildman–Crippen LogP) is 1.05. The van der Waals surface area contributed by atoms with Crippen LogP contribution in [0.15, 0.2) is 0 Å². The number of ether oxygens (including phenoxy) is 1. The maximum absolute atomic E-state index is 12.1. The maximum atomic E-state index is 12.1. The van der Waals surface area contributed by atoms with Gasteiger partial charge in [0.05, 0.1) is 13.5 Å². The van der Waals surface area contributed by atoms with Gasteiger partial charge < -0.3 is 14.5 Å². The van der Waals surface area contributed by atoms with Crippen LogP contribution in [0.5, 0.6) is 0 Å². The smallest absolute Gasteiger partial charge is 0.306 e. The van der Waals surface area contributed by atoms with E-state index in [1.165, 1.54) is 7.11 Å². The van der Waals surface area contributed by atoms with E-state index >= 15 is 0 Å². The van der Waals surface area contributed by atoms with Gasteiger partial charge >= 0.3 is 5.97 Å². The molecule has 6 nitrogen and oxygen atoms in total. The summed E-state index contributed by atoms with van der Waals surface area (Å²) in [6.45, 7) is 8.33. The molecule has 0 aromatic carbocycles. The van der Waals surface area contributed by atoms with Gasteiger partial charge in [0.2, 0.25) is 11.8 Å². The summed E-state index contributed by atoms with van der Waals surface area (Å²) < 4.78 is 4.52. The van der Waals surface area contributed by atoms with Crippen molar-refractivity contribution in [2.24, 2.45) is 5.41 Å². The van der Waals surface area contributed by atoms with Crippen molar-refractivity contribution in [3.8, 4) is 0 Å². The van der Waals surface area contributed by atoms with Crippen LogP contribution in [-0.4, -0.2) is 60.9 Å². The fourth-order valence-corrected chi connectivity index (χ4v) is 2.24. The van der Waals surface area contributed by atoms with Crippen molar-refractivity contribution >= 4 is 17.8 Å². The summed E-state index contributed by atoms with van der Waals surface area (Å²) in [6.07, 6.45) is 0.796. The van der Waals surface area contributed by atoms with Crippen molar-refractivity contribution in [1.82, 2.24) is 9.80 Å². The fraction of sp³-hybridized carbons (Fsp3) is 0.800. The number of hydrogen-bond acceptors (Lipinski definition) is 4. The molecule has 6 heteroatoms. The van der Waals surface area contributed by atoms with Crippen LogP contribution in [-0.2, 0) is 19.1 Å². The normalized spacial score (nSPS) is 15.8. The van der Waals surface area contributed by atoms with Crippen molar-refractivity contribution < 1.29 is 19.1 Å². The van der Waals surface area contributed by atoms with E-state index in [0.717, 1.165) is 0 Å². The molecule has 0 aromatic rings. The Kier molecular flexibility index (Phi) is 6.18. The highest BCUT2D eigenvalue weighted by Crippen LogP contribution is 2.20. The van der Waals surface area contributed by atoms with Gasteiger partial charge in [-0.1, -0.05) is 20.8 Å². The quantitative estimate of drug-likeness (QED) is 0.728. The molecule has 1 aliphatic rings. The minimum absolute atomic E-state index is 0.0233. The lowest BCUT2D eigenvalue weighted by molar-refractivity contribution is -0.144. The average molecular weight is 298 g/mol. The Morgan fingerprint density at radius 3 is 1.81 bits per heavy atom.